The van der Waals surface area contributed by atoms with Crippen LogP contribution in [0.1, 0.15) is 55.8 Å². The molecule has 1 aromatic carbocycles. The average Bonchev–Trinajstić information content (AvgIpc) is 2.73. The molecule has 0 spiro atoms. The van der Waals surface area contributed by atoms with E-state index >= 15 is 0 Å². The summed E-state index contributed by atoms with van der Waals surface area (Å²) in [6.45, 7) is 5.76. The van der Waals surface area contributed by atoms with Gasteiger partial charge in [-0.3, -0.25) is 4.79 Å². The Morgan fingerprint density at radius 1 is 1.37 bits per heavy atom. The fourth-order valence-corrected chi connectivity index (χ4v) is 3.86. The minimum Gasteiger partial charge on any atom is -0.370 e. The number of hydrogen-bond acceptors (Lipinski definition) is 6. The summed E-state index contributed by atoms with van der Waals surface area (Å²) in [5.41, 5.74) is 8.77. The second kappa shape index (κ2) is 10.1. The highest BCUT2D eigenvalue weighted by Crippen LogP contribution is 2.26. The van der Waals surface area contributed by atoms with E-state index in [4.69, 9.17) is 15.7 Å². The molecule has 1 saturated heterocycles. The maximum Gasteiger partial charge on any atom is 0.229 e. The van der Waals surface area contributed by atoms with Gasteiger partial charge in [-0.05, 0) is 56.2 Å². The van der Waals surface area contributed by atoms with Gasteiger partial charge in [0.25, 0.3) is 0 Å². The number of piperidine rings is 1. The summed E-state index contributed by atoms with van der Waals surface area (Å²) in [4.78, 5) is 23.1. The second-order valence-electron chi connectivity index (χ2n) is 8.04. The molecule has 3 rings (SSSR count). The van der Waals surface area contributed by atoms with Crippen LogP contribution in [-0.2, 0) is 11.2 Å². The first-order chi connectivity index (χ1) is 14.5. The molecule has 30 heavy (non-hydrogen) atoms. The summed E-state index contributed by atoms with van der Waals surface area (Å²) in [6.07, 6.45) is 5.47. The quantitative estimate of drug-likeness (QED) is 0.690. The molecule has 1 aliphatic rings. The number of nitrogens with zero attached hydrogens (tertiary/aromatic N) is 4. The van der Waals surface area contributed by atoms with Crippen LogP contribution in [0.5, 0.6) is 0 Å². The van der Waals surface area contributed by atoms with Crippen LogP contribution in [-0.4, -0.2) is 29.0 Å². The normalized spacial score (nSPS) is 16.2. The molecule has 2 heterocycles. The van der Waals surface area contributed by atoms with E-state index in [9.17, 15) is 10.1 Å². The molecular formula is C23H30N6O. The van der Waals surface area contributed by atoms with E-state index in [0.717, 1.165) is 68.0 Å². The van der Waals surface area contributed by atoms with Crippen LogP contribution in [0.3, 0.4) is 0 Å². The number of nitrogens with one attached hydrogen (secondary N) is 1. The number of carbonyl (C=O) groups is 1. The van der Waals surface area contributed by atoms with Crippen molar-refractivity contribution in [1.82, 2.24) is 9.97 Å². The number of aryl methyl sites for hydroxylation is 2. The van der Waals surface area contributed by atoms with Crippen molar-refractivity contribution < 1.29 is 4.79 Å². The lowest BCUT2D eigenvalue weighted by Crippen LogP contribution is -2.37. The maximum absolute atomic E-state index is 11.4. The summed E-state index contributed by atoms with van der Waals surface area (Å²) in [6, 6.07) is 9.95. The predicted molar refractivity (Wildman–Crippen MR) is 119 cm³/mol. The molecule has 7 nitrogen and oxygen atoms in total. The van der Waals surface area contributed by atoms with Crippen molar-refractivity contribution >= 4 is 23.4 Å². The minimum atomic E-state index is -0.247. The maximum atomic E-state index is 11.4. The molecule has 1 atom stereocenters. The Hall–Kier alpha value is -3.14. The molecule has 0 aliphatic carbocycles. The highest BCUT2D eigenvalue weighted by Gasteiger charge is 2.23. The van der Waals surface area contributed by atoms with E-state index in [0.29, 0.717) is 17.9 Å². The van der Waals surface area contributed by atoms with Gasteiger partial charge in [-0.1, -0.05) is 19.4 Å². The Morgan fingerprint density at radius 3 is 2.93 bits per heavy atom. The van der Waals surface area contributed by atoms with Crippen molar-refractivity contribution in [1.29, 1.82) is 5.26 Å². The van der Waals surface area contributed by atoms with Crippen LogP contribution < -0.4 is 16.0 Å². The smallest absolute Gasteiger partial charge is 0.229 e. The van der Waals surface area contributed by atoms with Gasteiger partial charge in [0.15, 0.2) is 0 Å². The Morgan fingerprint density at radius 2 is 2.20 bits per heavy atom. The van der Waals surface area contributed by atoms with E-state index in [1.807, 2.05) is 25.1 Å². The van der Waals surface area contributed by atoms with Gasteiger partial charge < -0.3 is 16.0 Å². The summed E-state index contributed by atoms with van der Waals surface area (Å²) in [7, 11) is 0. The predicted octanol–water partition coefficient (Wildman–Crippen LogP) is 3.83. The first-order valence-corrected chi connectivity index (χ1v) is 10.7. The molecule has 1 amide bonds. The lowest BCUT2D eigenvalue weighted by atomic mass is 9.94. The van der Waals surface area contributed by atoms with Gasteiger partial charge in [-0.25, -0.2) is 4.98 Å². The SMILES string of the molecule is CCCCc1cc(N2CCCC(CC(N)=O)C2)nc(Nc2ccc(C)c(C#N)c2)n1. The van der Waals surface area contributed by atoms with E-state index in [1.54, 1.807) is 0 Å². The number of hydrogen-bond donors (Lipinski definition) is 2. The number of amides is 1. The summed E-state index contributed by atoms with van der Waals surface area (Å²) >= 11 is 0. The molecule has 7 heteroatoms. The van der Waals surface area contributed by atoms with Gasteiger partial charge >= 0.3 is 0 Å². The first-order valence-electron chi connectivity index (χ1n) is 10.7. The third-order valence-electron chi connectivity index (χ3n) is 5.50. The van der Waals surface area contributed by atoms with Crippen molar-refractivity contribution in [3.8, 4) is 6.07 Å². The molecule has 3 N–H and O–H groups in total. The van der Waals surface area contributed by atoms with Crippen molar-refractivity contribution in [2.75, 3.05) is 23.3 Å². The zero-order chi connectivity index (χ0) is 21.5. The number of benzene rings is 1. The average molecular weight is 407 g/mol. The van der Waals surface area contributed by atoms with Crippen molar-refractivity contribution in [2.45, 2.75) is 52.4 Å². The summed E-state index contributed by atoms with van der Waals surface area (Å²) in [5, 5.41) is 12.6. The molecule has 0 bridgehead atoms. The second-order valence-corrected chi connectivity index (χ2v) is 8.04. The zero-order valence-corrected chi connectivity index (χ0v) is 17.8. The van der Waals surface area contributed by atoms with Gasteiger partial charge in [0.1, 0.15) is 5.82 Å². The number of primary amides is 1. The Labute approximate surface area is 178 Å². The molecule has 158 valence electrons. The number of nitrogens with two attached hydrogens (primary N) is 1. The standard InChI is InChI=1S/C23H30N6O/c1-3-4-7-19-13-22(29-10-5-6-17(15-29)11-21(25)30)28-23(26-19)27-20-9-8-16(2)18(12-20)14-24/h8-9,12-13,17H,3-7,10-11,15H2,1-2H3,(H2,25,30)(H,26,27,28). The summed E-state index contributed by atoms with van der Waals surface area (Å²) in [5.74, 6) is 1.42. The highest BCUT2D eigenvalue weighted by molar-refractivity contribution is 5.74. The Kier molecular flexibility index (Phi) is 7.23. The fraction of sp³-hybridized carbons (Fsp3) is 0.478. The van der Waals surface area contributed by atoms with Crippen molar-refractivity contribution in [3.63, 3.8) is 0 Å². The number of nitriles is 1. The molecule has 0 saturated carbocycles. The lowest BCUT2D eigenvalue weighted by molar-refractivity contribution is -0.118. The van der Waals surface area contributed by atoms with Crippen LogP contribution >= 0.6 is 0 Å². The zero-order valence-electron chi connectivity index (χ0n) is 17.8. The van der Waals surface area contributed by atoms with E-state index in [1.165, 1.54) is 0 Å². The van der Waals surface area contributed by atoms with Crippen LogP contribution in [0.15, 0.2) is 24.3 Å². The Bertz CT molecular complexity index is 936. The number of anilines is 3. The van der Waals surface area contributed by atoms with Gasteiger partial charge in [0.2, 0.25) is 11.9 Å². The van der Waals surface area contributed by atoms with E-state index in [-0.39, 0.29) is 11.8 Å². The topological polar surface area (TPSA) is 108 Å². The molecule has 1 fully saturated rings. The van der Waals surface area contributed by atoms with Crippen LogP contribution in [0, 0.1) is 24.2 Å². The summed E-state index contributed by atoms with van der Waals surface area (Å²) < 4.78 is 0. The lowest BCUT2D eigenvalue weighted by Gasteiger charge is -2.33. The van der Waals surface area contributed by atoms with Gasteiger partial charge in [-0.15, -0.1) is 0 Å². The monoisotopic (exact) mass is 406 g/mol. The fourth-order valence-electron chi connectivity index (χ4n) is 3.86. The largest absolute Gasteiger partial charge is 0.370 e. The first kappa shape index (κ1) is 21.6. The van der Waals surface area contributed by atoms with E-state index < -0.39 is 0 Å². The van der Waals surface area contributed by atoms with Crippen LogP contribution in [0.4, 0.5) is 17.5 Å². The molecule has 2 aromatic rings. The number of carbonyl (C=O) groups excluding carboxylic acids is 1. The number of aromatic nitrogens is 2. The van der Waals surface area contributed by atoms with Gasteiger partial charge in [0, 0.05) is 37.0 Å². The van der Waals surface area contributed by atoms with Gasteiger partial charge in [0.05, 0.1) is 11.6 Å². The number of unbranched alkanes of at least 4 members (excludes halogenated alkanes) is 1. The molecular weight excluding hydrogens is 376 g/mol. The van der Waals surface area contributed by atoms with Crippen molar-refractivity contribution in [2.24, 2.45) is 11.7 Å². The minimum absolute atomic E-state index is 0.247. The van der Waals surface area contributed by atoms with Crippen LogP contribution in [0.2, 0.25) is 0 Å². The van der Waals surface area contributed by atoms with Crippen LogP contribution in [0.25, 0.3) is 0 Å². The number of rotatable bonds is 8. The third-order valence-corrected chi connectivity index (χ3v) is 5.50. The highest BCUT2D eigenvalue weighted by atomic mass is 16.1. The Balaban J connectivity index is 1.86. The molecule has 1 aromatic heterocycles. The third kappa shape index (κ3) is 5.69. The van der Waals surface area contributed by atoms with Gasteiger partial charge in [-0.2, -0.15) is 10.2 Å². The molecule has 1 unspecified atom stereocenters. The molecule has 0 radical (unpaired) electrons. The van der Waals surface area contributed by atoms with E-state index in [2.05, 4.69) is 29.3 Å². The molecule has 1 aliphatic heterocycles. The van der Waals surface area contributed by atoms with Crippen molar-refractivity contribution in [3.05, 3.63) is 41.1 Å².